The normalized spacial score (nSPS) is 22.0. The van der Waals surface area contributed by atoms with Gasteiger partial charge in [-0.05, 0) is 25.5 Å². The fourth-order valence-corrected chi connectivity index (χ4v) is 5.52. The van der Waals surface area contributed by atoms with Crippen LogP contribution in [0.25, 0.3) is 0 Å². The van der Waals surface area contributed by atoms with Crippen LogP contribution in [-0.2, 0) is 13.0 Å². The Labute approximate surface area is 170 Å². The molecule has 152 valence electrons. The lowest BCUT2D eigenvalue weighted by molar-refractivity contribution is -0.936. The molecule has 0 saturated heterocycles. The van der Waals surface area contributed by atoms with E-state index in [0.29, 0.717) is 28.7 Å². The van der Waals surface area contributed by atoms with Crippen LogP contribution in [0.1, 0.15) is 46.4 Å². The zero-order chi connectivity index (χ0) is 20.3. The van der Waals surface area contributed by atoms with Gasteiger partial charge < -0.3 is 25.0 Å². The summed E-state index contributed by atoms with van der Waals surface area (Å²) < 4.78 is 10.6. The first-order valence-electron chi connectivity index (χ1n) is 9.57. The summed E-state index contributed by atoms with van der Waals surface area (Å²) in [5.41, 5.74) is 2.02. The molecule has 3 aliphatic rings. The molecule has 0 bridgehead atoms. The minimum absolute atomic E-state index is 0.0247. The number of rotatable bonds is 3. The highest BCUT2D eigenvalue weighted by Gasteiger charge is 2.37. The van der Waals surface area contributed by atoms with E-state index >= 15 is 0 Å². The predicted octanol–water partition coefficient (Wildman–Crippen LogP) is 1.59. The maximum Gasteiger partial charge on any atom is 0.280 e. The molecule has 29 heavy (non-hydrogen) atoms. The number of benzene rings is 1. The molecule has 0 radical (unpaired) electrons. The van der Waals surface area contributed by atoms with Gasteiger partial charge in [-0.2, -0.15) is 0 Å². The van der Waals surface area contributed by atoms with Gasteiger partial charge in [0, 0.05) is 6.42 Å². The van der Waals surface area contributed by atoms with Crippen molar-refractivity contribution >= 4 is 27.9 Å². The SMILES string of the molecule is CC(C)[NH+]1CCc2c(sc3c2C(=O)N[C@H](c2cc4c(cc2[N+](=O)[O-])OCO4)N3)C1. The van der Waals surface area contributed by atoms with Gasteiger partial charge in [-0.15, -0.1) is 11.3 Å². The third kappa shape index (κ3) is 2.90. The summed E-state index contributed by atoms with van der Waals surface area (Å²) in [5.74, 6) is 0.585. The lowest BCUT2D eigenvalue weighted by Gasteiger charge is -2.28. The maximum absolute atomic E-state index is 13.0. The van der Waals surface area contributed by atoms with Crippen LogP contribution in [0, 0.1) is 10.1 Å². The van der Waals surface area contributed by atoms with Crippen molar-refractivity contribution in [2.24, 2.45) is 0 Å². The van der Waals surface area contributed by atoms with Gasteiger partial charge in [0.05, 0.1) is 39.6 Å². The third-order valence-corrected chi connectivity index (χ3v) is 6.96. The number of carbonyl (C=O) groups is 1. The quantitative estimate of drug-likeness (QED) is 0.517. The number of hydrogen-bond acceptors (Lipinski definition) is 7. The van der Waals surface area contributed by atoms with Crippen molar-refractivity contribution in [3.8, 4) is 11.5 Å². The number of fused-ring (bicyclic) bond motifs is 4. The minimum Gasteiger partial charge on any atom is -0.454 e. The van der Waals surface area contributed by atoms with E-state index in [4.69, 9.17) is 9.47 Å². The second kappa shape index (κ2) is 6.60. The molecule has 3 N–H and O–H groups in total. The number of quaternary nitrogens is 1. The first kappa shape index (κ1) is 18.2. The van der Waals surface area contributed by atoms with Gasteiger partial charge in [-0.1, -0.05) is 0 Å². The summed E-state index contributed by atoms with van der Waals surface area (Å²) in [6, 6.07) is 3.44. The number of hydrogen-bond donors (Lipinski definition) is 3. The van der Waals surface area contributed by atoms with Gasteiger partial charge >= 0.3 is 0 Å². The molecule has 1 unspecified atom stereocenters. The zero-order valence-corrected chi connectivity index (χ0v) is 16.9. The van der Waals surface area contributed by atoms with Crippen molar-refractivity contribution < 1.29 is 24.1 Å². The molecule has 0 fully saturated rings. The van der Waals surface area contributed by atoms with Crippen molar-refractivity contribution in [1.82, 2.24) is 5.32 Å². The number of nitrogens with zero attached hydrogens (tertiary/aromatic N) is 1. The molecule has 0 aliphatic carbocycles. The summed E-state index contributed by atoms with van der Waals surface area (Å²) in [4.78, 5) is 26.8. The number of carbonyl (C=O) groups excluding carboxylic acids is 1. The number of ether oxygens (including phenoxy) is 2. The van der Waals surface area contributed by atoms with Crippen LogP contribution in [-0.4, -0.2) is 30.2 Å². The fraction of sp³-hybridized carbons (Fsp3) is 0.421. The van der Waals surface area contributed by atoms with E-state index in [1.165, 1.54) is 15.8 Å². The van der Waals surface area contributed by atoms with E-state index in [1.54, 1.807) is 17.4 Å². The molecule has 0 saturated carbocycles. The summed E-state index contributed by atoms with van der Waals surface area (Å²) in [5, 5.41) is 18.6. The molecular formula is C19H21N4O5S+. The molecule has 2 atom stereocenters. The van der Waals surface area contributed by atoms with Crippen LogP contribution in [0.5, 0.6) is 11.5 Å². The number of anilines is 1. The van der Waals surface area contributed by atoms with Crippen LogP contribution >= 0.6 is 11.3 Å². The Morgan fingerprint density at radius 1 is 1.28 bits per heavy atom. The van der Waals surface area contributed by atoms with Crippen molar-refractivity contribution in [3.05, 3.63) is 43.8 Å². The molecule has 10 heteroatoms. The summed E-state index contributed by atoms with van der Waals surface area (Å²) >= 11 is 1.58. The minimum atomic E-state index is -0.710. The van der Waals surface area contributed by atoms with Gasteiger partial charge in [0.25, 0.3) is 11.6 Å². The Kier molecular flexibility index (Phi) is 4.14. The smallest absolute Gasteiger partial charge is 0.280 e. The van der Waals surface area contributed by atoms with E-state index in [0.717, 1.165) is 30.1 Å². The lowest BCUT2D eigenvalue weighted by atomic mass is 9.99. The van der Waals surface area contributed by atoms with Gasteiger partial charge in [0.1, 0.15) is 17.7 Å². The van der Waals surface area contributed by atoms with Crippen LogP contribution in [0.2, 0.25) is 0 Å². The molecule has 9 nitrogen and oxygen atoms in total. The Morgan fingerprint density at radius 3 is 2.76 bits per heavy atom. The molecule has 4 heterocycles. The van der Waals surface area contributed by atoms with Crippen molar-refractivity contribution in [2.45, 2.75) is 39.0 Å². The van der Waals surface area contributed by atoms with Gasteiger partial charge in [0.15, 0.2) is 11.5 Å². The lowest BCUT2D eigenvalue weighted by Crippen LogP contribution is -3.14. The molecule has 5 rings (SSSR count). The molecule has 1 aromatic carbocycles. The van der Waals surface area contributed by atoms with E-state index in [-0.39, 0.29) is 18.4 Å². The summed E-state index contributed by atoms with van der Waals surface area (Å²) in [6.45, 7) is 6.32. The average molecular weight is 417 g/mol. The van der Waals surface area contributed by atoms with Gasteiger partial charge in [-0.25, -0.2) is 0 Å². The van der Waals surface area contributed by atoms with Crippen LogP contribution in [0.15, 0.2) is 12.1 Å². The summed E-state index contributed by atoms with van der Waals surface area (Å²) in [7, 11) is 0. The fourth-order valence-electron chi connectivity index (χ4n) is 4.20. The van der Waals surface area contributed by atoms with E-state index in [2.05, 4.69) is 24.5 Å². The number of nitro groups is 1. The second-order valence-corrected chi connectivity index (χ2v) is 8.88. The van der Waals surface area contributed by atoms with Crippen LogP contribution < -0.4 is 25.0 Å². The van der Waals surface area contributed by atoms with E-state index < -0.39 is 11.1 Å². The molecule has 2 aromatic rings. The first-order valence-corrected chi connectivity index (χ1v) is 10.4. The first-order chi connectivity index (χ1) is 13.9. The highest BCUT2D eigenvalue weighted by Crippen LogP contribution is 2.43. The second-order valence-electron chi connectivity index (χ2n) is 7.77. The topological polar surface area (TPSA) is 107 Å². The number of thiophene rings is 1. The van der Waals surface area contributed by atoms with Gasteiger partial charge in [0.2, 0.25) is 6.79 Å². The molecule has 3 aliphatic heterocycles. The van der Waals surface area contributed by atoms with Crippen LogP contribution in [0.3, 0.4) is 0 Å². The molecule has 0 spiro atoms. The number of nitrogens with one attached hydrogen (secondary N) is 3. The maximum atomic E-state index is 13.0. The molecular weight excluding hydrogens is 396 g/mol. The predicted molar refractivity (Wildman–Crippen MR) is 106 cm³/mol. The van der Waals surface area contributed by atoms with E-state index in [9.17, 15) is 14.9 Å². The molecule has 1 amide bonds. The van der Waals surface area contributed by atoms with Gasteiger partial charge in [-0.3, -0.25) is 14.9 Å². The van der Waals surface area contributed by atoms with Crippen LogP contribution in [0.4, 0.5) is 10.7 Å². The van der Waals surface area contributed by atoms with Crippen molar-refractivity contribution in [1.29, 1.82) is 0 Å². The van der Waals surface area contributed by atoms with Crippen molar-refractivity contribution in [3.63, 3.8) is 0 Å². The molecule has 1 aromatic heterocycles. The average Bonchev–Trinajstić information content (AvgIpc) is 3.29. The zero-order valence-electron chi connectivity index (χ0n) is 16.0. The standard InChI is InChI=1S/C19H20N4O5S/c1-9(2)22-4-3-10-15(7-22)29-19-16(10)18(24)20-17(21-19)11-5-13-14(28-8-27-13)6-12(11)23(25)26/h5-6,9,17,21H,3-4,7-8H2,1-2H3,(H,20,24)/p+1/t17-/m0/s1. The Bertz CT molecular complexity index is 1030. The Morgan fingerprint density at radius 2 is 2.03 bits per heavy atom. The monoisotopic (exact) mass is 417 g/mol. The van der Waals surface area contributed by atoms with E-state index in [1.807, 2.05) is 0 Å². The Hall–Kier alpha value is -2.85. The Balaban J connectivity index is 1.52. The highest BCUT2D eigenvalue weighted by molar-refractivity contribution is 7.16. The third-order valence-electron chi connectivity index (χ3n) is 5.80. The highest BCUT2D eigenvalue weighted by atomic mass is 32.1. The largest absolute Gasteiger partial charge is 0.454 e. The number of amides is 1. The van der Waals surface area contributed by atoms with Crippen molar-refractivity contribution in [2.75, 3.05) is 18.7 Å². The number of nitro benzene ring substituents is 1. The summed E-state index contributed by atoms with van der Waals surface area (Å²) in [6.07, 6.45) is 0.150.